The van der Waals surface area contributed by atoms with E-state index in [1.807, 2.05) is 67.6 Å². The van der Waals surface area contributed by atoms with Gasteiger partial charge in [-0.1, -0.05) is 54.1 Å². The van der Waals surface area contributed by atoms with Crippen LogP contribution in [0.1, 0.15) is 29.4 Å². The van der Waals surface area contributed by atoms with E-state index in [2.05, 4.69) is 17.4 Å². The van der Waals surface area contributed by atoms with Crippen molar-refractivity contribution < 1.29 is 9.53 Å². The van der Waals surface area contributed by atoms with Gasteiger partial charge in [-0.3, -0.25) is 4.79 Å². The van der Waals surface area contributed by atoms with E-state index in [4.69, 9.17) is 21.4 Å². The fourth-order valence-corrected chi connectivity index (χ4v) is 3.87. The molecule has 0 aliphatic carbocycles. The fourth-order valence-electron chi connectivity index (χ4n) is 3.65. The number of aryl methyl sites for hydroxylation is 1. The molecule has 3 aromatic carbocycles. The van der Waals surface area contributed by atoms with Crippen molar-refractivity contribution in [3.63, 3.8) is 0 Å². The number of ether oxygens (including phenoxy) is 1. The van der Waals surface area contributed by atoms with Crippen LogP contribution in [0, 0.1) is 0 Å². The predicted octanol–water partition coefficient (Wildman–Crippen LogP) is 5.95. The molecule has 0 radical (unpaired) electrons. The quantitative estimate of drug-likeness (QED) is 0.354. The first kappa shape index (κ1) is 22.6. The van der Waals surface area contributed by atoms with E-state index in [9.17, 15) is 4.79 Å². The normalized spacial score (nSPS) is 11.7. The first-order chi connectivity index (χ1) is 16.0. The summed E-state index contributed by atoms with van der Waals surface area (Å²) in [7, 11) is 1.63. The molecule has 5 nitrogen and oxygen atoms in total. The van der Waals surface area contributed by atoms with Crippen LogP contribution in [0.15, 0.2) is 84.9 Å². The predicted molar refractivity (Wildman–Crippen MR) is 132 cm³/mol. The van der Waals surface area contributed by atoms with E-state index in [1.54, 1.807) is 23.9 Å². The molecule has 33 heavy (non-hydrogen) atoms. The highest BCUT2D eigenvalue weighted by molar-refractivity contribution is 6.32. The Bertz CT molecular complexity index is 1220. The number of rotatable bonds is 8. The Morgan fingerprint density at radius 3 is 2.42 bits per heavy atom. The Kier molecular flexibility index (Phi) is 7.10. The van der Waals surface area contributed by atoms with Gasteiger partial charge in [0.15, 0.2) is 0 Å². The third-order valence-electron chi connectivity index (χ3n) is 5.49. The second-order valence-corrected chi connectivity index (χ2v) is 8.31. The minimum atomic E-state index is -0.192. The van der Waals surface area contributed by atoms with Crippen LogP contribution >= 0.6 is 11.6 Å². The lowest BCUT2D eigenvalue weighted by molar-refractivity contribution is 0.0930. The van der Waals surface area contributed by atoms with Crippen molar-refractivity contribution in [3.8, 4) is 22.7 Å². The van der Waals surface area contributed by atoms with Gasteiger partial charge in [0.1, 0.15) is 11.4 Å². The van der Waals surface area contributed by atoms with E-state index in [-0.39, 0.29) is 11.9 Å². The maximum absolute atomic E-state index is 13.3. The van der Waals surface area contributed by atoms with Crippen LogP contribution in [0.2, 0.25) is 5.02 Å². The molecule has 1 aromatic heterocycles. The molecule has 0 aliphatic heterocycles. The van der Waals surface area contributed by atoms with Gasteiger partial charge in [-0.25, -0.2) is 4.68 Å². The van der Waals surface area contributed by atoms with Gasteiger partial charge in [-0.15, -0.1) is 0 Å². The Hall–Kier alpha value is -3.57. The van der Waals surface area contributed by atoms with Crippen molar-refractivity contribution in [1.82, 2.24) is 15.1 Å². The Balaban J connectivity index is 1.60. The molecule has 0 fully saturated rings. The van der Waals surface area contributed by atoms with E-state index >= 15 is 0 Å². The van der Waals surface area contributed by atoms with Crippen molar-refractivity contribution in [3.05, 3.63) is 101 Å². The van der Waals surface area contributed by atoms with Crippen LogP contribution in [0.5, 0.6) is 5.75 Å². The fraction of sp³-hybridized carbons (Fsp3) is 0.185. The van der Waals surface area contributed by atoms with E-state index in [1.165, 1.54) is 5.56 Å². The maximum atomic E-state index is 13.3. The molecule has 0 aliphatic rings. The average Bonchev–Trinajstić information content (AvgIpc) is 3.29. The van der Waals surface area contributed by atoms with E-state index in [0.717, 1.165) is 24.2 Å². The zero-order chi connectivity index (χ0) is 23.2. The number of carbonyl (C=O) groups excluding carboxylic acids is 1. The molecular weight excluding hydrogens is 434 g/mol. The number of benzene rings is 3. The van der Waals surface area contributed by atoms with Gasteiger partial charge in [0.05, 0.1) is 23.5 Å². The molecule has 6 heteroatoms. The minimum Gasteiger partial charge on any atom is -0.497 e. The summed E-state index contributed by atoms with van der Waals surface area (Å²) in [5.74, 6) is 0.567. The SMILES string of the molecule is COc1ccc(-c2cc(C(=O)NC(C)CCc3ccccc3)n(-c3ccccc3Cl)n2)cc1. The highest BCUT2D eigenvalue weighted by atomic mass is 35.5. The van der Waals surface area contributed by atoms with Gasteiger partial charge in [-0.05, 0) is 67.8 Å². The maximum Gasteiger partial charge on any atom is 0.270 e. The molecule has 1 N–H and O–H groups in total. The third kappa shape index (κ3) is 5.44. The van der Waals surface area contributed by atoms with Gasteiger partial charge < -0.3 is 10.1 Å². The first-order valence-electron chi connectivity index (χ1n) is 10.9. The largest absolute Gasteiger partial charge is 0.497 e. The monoisotopic (exact) mass is 459 g/mol. The van der Waals surface area contributed by atoms with Gasteiger partial charge in [0, 0.05) is 11.6 Å². The van der Waals surface area contributed by atoms with Crippen molar-refractivity contribution in [2.24, 2.45) is 0 Å². The Morgan fingerprint density at radius 2 is 1.73 bits per heavy atom. The molecule has 4 aromatic rings. The van der Waals surface area contributed by atoms with E-state index < -0.39 is 0 Å². The van der Waals surface area contributed by atoms with Crippen LogP contribution < -0.4 is 10.1 Å². The number of hydrogen-bond donors (Lipinski definition) is 1. The van der Waals surface area contributed by atoms with Crippen molar-refractivity contribution in [2.75, 3.05) is 7.11 Å². The lowest BCUT2D eigenvalue weighted by Gasteiger charge is -2.15. The van der Waals surface area contributed by atoms with Gasteiger partial charge in [0.2, 0.25) is 0 Å². The second-order valence-electron chi connectivity index (χ2n) is 7.91. The molecular formula is C27H26ClN3O2. The molecule has 0 spiro atoms. The summed E-state index contributed by atoms with van der Waals surface area (Å²) in [5, 5.41) is 8.36. The first-order valence-corrected chi connectivity index (χ1v) is 11.3. The zero-order valence-electron chi connectivity index (χ0n) is 18.7. The van der Waals surface area contributed by atoms with Gasteiger partial charge in [0.25, 0.3) is 5.91 Å². The van der Waals surface area contributed by atoms with Crippen LogP contribution in [0.25, 0.3) is 16.9 Å². The summed E-state index contributed by atoms with van der Waals surface area (Å²) in [4.78, 5) is 13.3. The summed E-state index contributed by atoms with van der Waals surface area (Å²) in [5.41, 5.74) is 3.90. The summed E-state index contributed by atoms with van der Waals surface area (Å²) in [6.07, 6.45) is 1.73. The summed E-state index contributed by atoms with van der Waals surface area (Å²) < 4.78 is 6.86. The molecule has 1 atom stereocenters. The molecule has 4 rings (SSSR count). The number of para-hydroxylation sites is 1. The molecule has 168 valence electrons. The average molecular weight is 460 g/mol. The third-order valence-corrected chi connectivity index (χ3v) is 5.81. The molecule has 0 bridgehead atoms. The Labute approximate surface area is 199 Å². The number of aromatic nitrogens is 2. The van der Waals surface area contributed by atoms with Gasteiger partial charge in [-0.2, -0.15) is 5.10 Å². The molecule has 0 saturated heterocycles. The lowest BCUT2D eigenvalue weighted by Crippen LogP contribution is -2.34. The number of nitrogens with one attached hydrogen (secondary N) is 1. The number of carbonyl (C=O) groups is 1. The minimum absolute atomic E-state index is 0.00302. The van der Waals surface area contributed by atoms with Crippen molar-refractivity contribution >= 4 is 17.5 Å². The highest BCUT2D eigenvalue weighted by Crippen LogP contribution is 2.27. The molecule has 1 amide bonds. The van der Waals surface area contributed by atoms with Gasteiger partial charge >= 0.3 is 0 Å². The molecule has 1 heterocycles. The van der Waals surface area contributed by atoms with Crippen LogP contribution in [-0.2, 0) is 6.42 Å². The molecule has 0 saturated carbocycles. The number of hydrogen-bond acceptors (Lipinski definition) is 3. The van der Waals surface area contributed by atoms with Crippen molar-refractivity contribution in [2.45, 2.75) is 25.8 Å². The zero-order valence-corrected chi connectivity index (χ0v) is 19.4. The highest BCUT2D eigenvalue weighted by Gasteiger charge is 2.20. The summed E-state index contributed by atoms with van der Waals surface area (Å²) >= 11 is 6.44. The number of methoxy groups -OCH3 is 1. The second kappa shape index (κ2) is 10.4. The van der Waals surface area contributed by atoms with Crippen LogP contribution in [-0.4, -0.2) is 28.8 Å². The summed E-state index contributed by atoms with van der Waals surface area (Å²) in [6, 6.07) is 27.0. The van der Waals surface area contributed by atoms with Crippen LogP contribution in [0.3, 0.4) is 0 Å². The Morgan fingerprint density at radius 1 is 1.03 bits per heavy atom. The smallest absolute Gasteiger partial charge is 0.270 e. The lowest BCUT2D eigenvalue weighted by atomic mass is 10.1. The van der Waals surface area contributed by atoms with E-state index in [0.29, 0.717) is 22.1 Å². The molecule has 1 unspecified atom stereocenters. The number of nitrogens with zero attached hydrogens (tertiary/aromatic N) is 2. The summed E-state index contributed by atoms with van der Waals surface area (Å²) in [6.45, 7) is 2.02. The van der Waals surface area contributed by atoms with Crippen molar-refractivity contribution in [1.29, 1.82) is 0 Å². The topological polar surface area (TPSA) is 56.1 Å². The number of halogens is 1. The number of amides is 1. The standard InChI is InChI=1S/C27H26ClN3O2/c1-19(12-13-20-8-4-3-5-9-20)29-27(32)26-18-24(21-14-16-22(33-2)17-15-21)30-31(26)25-11-7-6-10-23(25)28/h3-11,14-19H,12-13H2,1-2H3,(H,29,32). The van der Waals surface area contributed by atoms with Crippen LogP contribution in [0.4, 0.5) is 0 Å².